The Morgan fingerprint density at radius 2 is 2.33 bits per heavy atom. The average molecular weight is 258 g/mol. The standard InChI is InChI=1S/C5H3ClN.BrH.Zn/c6-5-3-1-2-4-7-5;;/h1-3H;1H;/q-1;;+2/p-1. The topological polar surface area (TPSA) is 12.9 Å². The van der Waals surface area contributed by atoms with E-state index >= 15 is 0 Å². The van der Waals surface area contributed by atoms with E-state index in [-0.39, 0.29) is 0 Å². The molecule has 0 saturated carbocycles. The summed E-state index contributed by atoms with van der Waals surface area (Å²) in [6.07, 6.45) is 2.58. The summed E-state index contributed by atoms with van der Waals surface area (Å²) in [7, 11) is 0. The molecule has 4 heteroatoms. The van der Waals surface area contributed by atoms with Crippen LogP contribution in [0.3, 0.4) is 0 Å². The van der Waals surface area contributed by atoms with Crippen molar-refractivity contribution in [3.8, 4) is 0 Å². The normalized spacial score (nSPS) is 7.56. The van der Waals surface area contributed by atoms with E-state index < -0.39 is 0 Å². The van der Waals surface area contributed by atoms with Gasteiger partial charge < -0.3 is 4.98 Å². The Morgan fingerprint density at radius 3 is 2.56 bits per heavy atom. The molecular weight excluding hydrogens is 255 g/mol. The van der Waals surface area contributed by atoms with Crippen molar-refractivity contribution >= 4 is 25.2 Å². The molecule has 9 heavy (non-hydrogen) atoms. The Labute approximate surface area is 75.9 Å². The molecule has 0 aliphatic carbocycles. The first kappa shape index (κ1) is 9.54. The van der Waals surface area contributed by atoms with Crippen LogP contribution < -0.4 is 0 Å². The van der Waals surface area contributed by atoms with Gasteiger partial charge in [0.05, 0.1) is 0 Å². The minimum atomic E-state index is 0.488. The molecule has 0 aliphatic heterocycles. The predicted molar refractivity (Wildman–Crippen MR) is 37.0 cm³/mol. The van der Waals surface area contributed by atoms with Crippen LogP contribution in [0.4, 0.5) is 0 Å². The monoisotopic (exact) mass is 255 g/mol. The van der Waals surface area contributed by atoms with Gasteiger partial charge in [-0.2, -0.15) is 12.1 Å². The van der Waals surface area contributed by atoms with Crippen molar-refractivity contribution in [2.24, 2.45) is 0 Å². The van der Waals surface area contributed by atoms with Gasteiger partial charge in [0.1, 0.15) is 0 Å². The Morgan fingerprint density at radius 1 is 1.67 bits per heavy atom. The van der Waals surface area contributed by atoms with Gasteiger partial charge in [-0.05, 0) is 0 Å². The molecule has 1 rings (SSSR count). The van der Waals surface area contributed by atoms with E-state index in [1.54, 1.807) is 18.2 Å². The number of pyridine rings is 1. The van der Waals surface area contributed by atoms with Crippen LogP contribution in [0.25, 0.3) is 0 Å². The molecule has 0 saturated heterocycles. The minimum absolute atomic E-state index is 0.488. The molecule has 0 N–H and O–H groups in total. The Balaban J connectivity index is 0.000000291. The number of halogens is 2. The second kappa shape index (κ2) is 6.66. The summed E-state index contributed by atoms with van der Waals surface area (Å²) >= 11 is 9.65. The first-order chi connectivity index (χ1) is 4.39. The molecule has 0 aliphatic rings. The summed E-state index contributed by atoms with van der Waals surface area (Å²) < 4.78 is 0. The quantitative estimate of drug-likeness (QED) is 0.395. The van der Waals surface area contributed by atoms with E-state index in [0.29, 0.717) is 5.15 Å². The van der Waals surface area contributed by atoms with E-state index in [2.05, 4.69) is 24.8 Å². The van der Waals surface area contributed by atoms with Crippen LogP contribution in [0.5, 0.6) is 0 Å². The molecule has 1 aromatic rings. The van der Waals surface area contributed by atoms with Crippen LogP contribution in [0.2, 0.25) is 5.15 Å². The van der Waals surface area contributed by atoms with Gasteiger partial charge in [0, 0.05) is 5.15 Å². The third-order valence-corrected chi connectivity index (χ3v) is 0.786. The zero-order valence-corrected chi connectivity index (χ0v) is 9.95. The summed E-state index contributed by atoms with van der Waals surface area (Å²) in [5, 5.41) is 0.488. The molecule has 0 amide bonds. The van der Waals surface area contributed by atoms with Gasteiger partial charge in [-0.25, -0.2) is 0 Å². The van der Waals surface area contributed by atoms with Gasteiger partial charge in [0.2, 0.25) is 0 Å². The first-order valence-electron chi connectivity index (χ1n) is 2.15. The Kier molecular flexibility index (Phi) is 7.06. The van der Waals surface area contributed by atoms with Gasteiger partial charge in [0.25, 0.3) is 0 Å². The van der Waals surface area contributed by atoms with Gasteiger partial charge in [-0.3, -0.25) is 0 Å². The summed E-state index contributed by atoms with van der Waals surface area (Å²) in [4.78, 5) is 3.62. The van der Waals surface area contributed by atoms with Crippen LogP contribution in [0.1, 0.15) is 0 Å². The van der Waals surface area contributed by atoms with E-state index in [1.165, 1.54) is 16.3 Å². The van der Waals surface area contributed by atoms with Crippen molar-refractivity contribution in [2.45, 2.75) is 0 Å². The zero-order chi connectivity index (χ0) is 7.11. The van der Waals surface area contributed by atoms with Crippen LogP contribution >= 0.6 is 25.2 Å². The molecule has 0 atom stereocenters. The van der Waals surface area contributed by atoms with Gasteiger partial charge in [-0.1, -0.05) is 6.20 Å². The van der Waals surface area contributed by atoms with Crippen molar-refractivity contribution in [2.75, 3.05) is 0 Å². The molecular formula is C5H3BrClNZn. The van der Waals surface area contributed by atoms with Crippen molar-refractivity contribution in [1.29, 1.82) is 0 Å². The molecule has 0 spiro atoms. The third kappa shape index (κ3) is 5.01. The molecule has 0 radical (unpaired) electrons. The fourth-order valence-electron chi connectivity index (χ4n) is 0.307. The summed E-state index contributed by atoms with van der Waals surface area (Å²) in [6.45, 7) is 0. The van der Waals surface area contributed by atoms with Crippen LogP contribution in [-0.4, -0.2) is 4.98 Å². The SMILES string of the molecule is Clc1ccc[c-]n1.[Zn+][Br]. The summed E-state index contributed by atoms with van der Waals surface area (Å²) in [6, 6.07) is 5.19. The number of rotatable bonds is 0. The van der Waals surface area contributed by atoms with Gasteiger partial charge in [0.15, 0.2) is 0 Å². The predicted octanol–water partition coefficient (Wildman–Crippen LogP) is 2.38. The molecule has 0 unspecified atom stereocenters. The second-order valence-electron chi connectivity index (χ2n) is 1.09. The van der Waals surface area contributed by atoms with E-state index in [4.69, 9.17) is 11.6 Å². The van der Waals surface area contributed by atoms with Crippen LogP contribution in [0, 0.1) is 6.20 Å². The Bertz CT molecular complexity index is 147. The first-order valence-corrected chi connectivity index (χ1v) is 9.47. The number of hydrogen-bond acceptors (Lipinski definition) is 1. The van der Waals surface area contributed by atoms with Crippen molar-refractivity contribution in [1.82, 2.24) is 4.98 Å². The molecule has 0 aromatic carbocycles. The van der Waals surface area contributed by atoms with Crippen molar-refractivity contribution < 1.29 is 16.3 Å². The molecule has 1 heterocycles. The fourth-order valence-corrected chi connectivity index (χ4v) is 0.428. The third-order valence-electron chi connectivity index (χ3n) is 0.576. The van der Waals surface area contributed by atoms with Crippen molar-refractivity contribution in [3.63, 3.8) is 0 Å². The molecule has 44 valence electrons. The van der Waals surface area contributed by atoms with E-state index in [0.717, 1.165) is 0 Å². The van der Waals surface area contributed by atoms with Gasteiger partial charge >= 0.3 is 30.0 Å². The Hall–Kier alpha value is 0.543. The zero-order valence-electron chi connectivity index (χ0n) is 4.64. The average Bonchev–Trinajstić information content (AvgIpc) is 1.94. The second-order valence-corrected chi connectivity index (χ2v) is 1.48. The van der Waals surface area contributed by atoms with Crippen LogP contribution in [-0.2, 0) is 16.3 Å². The maximum absolute atomic E-state index is 5.40. The summed E-state index contributed by atoms with van der Waals surface area (Å²) in [5.41, 5.74) is 0. The molecule has 0 fully saturated rings. The fraction of sp³-hybridized carbons (Fsp3) is 0. The van der Waals surface area contributed by atoms with E-state index in [9.17, 15) is 0 Å². The number of aromatic nitrogens is 1. The van der Waals surface area contributed by atoms with Crippen LogP contribution in [0.15, 0.2) is 18.2 Å². The molecule has 1 nitrogen and oxygen atoms in total. The maximum atomic E-state index is 5.40. The molecule has 0 bridgehead atoms. The number of hydrogen-bond donors (Lipinski definition) is 0. The van der Waals surface area contributed by atoms with Crippen molar-refractivity contribution in [3.05, 3.63) is 29.5 Å². The van der Waals surface area contributed by atoms with E-state index in [1.807, 2.05) is 0 Å². The molecule has 1 aromatic heterocycles. The number of nitrogens with zero attached hydrogens (tertiary/aromatic N) is 1. The van der Waals surface area contributed by atoms with Gasteiger partial charge in [-0.15, -0.1) is 17.7 Å². The summed E-state index contributed by atoms with van der Waals surface area (Å²) in [5.74, 6) is 0.